The summed E-state index contributed by atoms with van der Waals surface area (Å²) in [5.41, 5.74) is 5.64. The molecular weight excluding hydrogens is 776 g/mol. The van der Waals surface area contributed by atoms with Crippen molar-refractivity contribution < 1.29 is 44.2 Å². The first-order chi connectivity index (χ1) is 28.2. The third kappa shape index (κ3) is 10.7. The number of aromatic nitrogens is 1. The normalized spacial score (nSPS) is 13.1. The first-order valence-corrected chi connectivity index (χ1v) is 19.1. The summed E-state index contributed by atoms with van der Waals surface area (Å²) in [6.07, 6.45) is 3.03. The fraction of sp³-hybridized carbons (Fsp3) is 0.289. The van der Waals surface area contributed by atoms with Gasteiger partial charge in [0.15, 0.2) is 0 Å². The van der Waals surface area contributed by atoms with Crippen LogP contribution < -0.4 is 24.8 Å². The van der Waals surface area contributed by atoms with Crippen LogP contribution in [0.2, 0.25) is 5.02 Å². The summed E-state index contributed by atoms with van der Waals surface area (Å²) >= 11 is 6.75. The second kappa shape index (κ2) is 19.6. The Labute approximate surface area is 347 Å². The topological polar surface area (TPSA) is 203 Å². The number of nitriles is 1. The molecule has 0 aliphatic carbocycles. The first kappa shape index (κ1) is 44.1. The average Bonchev–Trinajstić information content (AvgIpc) is 3.24. The molecule has 5 rings (SSSR count). The minimum atomic E-state index is -1.61. The number of aliphatic carboxylic acids is 2. The number of ether oxygens (including phenoxy) is 3. The maximum absolute atomic E-state index is 11.8. The number of hydrogen-bond acceptors (Lipinski definition) is 11. The van der Waals surface area contributed by atoms with Gasteiger partial charge in [0.05, 0.1) is 23.8 Å². The lowest BCUT2D eigenvalue weighted by molar-refractivity contribution is -0.146. The summed E-state index contributed by atoms with van der Waals surface area (Å²) in [4.78, 5) is 27.3. The summed E-state index contributed by atoms with van der Waals surface area (Å²) in [6, 6.07) is 26.9. The molecule has 0 saturated carbocycles. The van der Waals surface area contributed by atoms with E-state index in [0.29, 0.717) is 33.9 Å². The van der Waals surface area contributed by atoms with Gasteiger partial charge in [0, 0.05) is 42.7 Å². The molecule has 1 heterocycles. The van der Waals surface area contributed by atoms with Crippen LogP contribution in [-0.4, -0.2) is 74.8 Å². The van der Waals surface area contributed by atoms with Crippen molar-refractivity contribution in [2.75, 3.05) is 26.4 Å². The lowest BCUT2D eigenvalue weighted by Gasteiger charge is -2.25. The van der Waals surface area contributed by atoms with Crippen LogP contribution in [0, 0.1) is 25.2 Å². The van der Waals surface area contributed by atoms with Gasteiger partial charge in [-0.3, -0.25) is 25.2 Å². The van der Waals surface area contributed by atoms with E-state index in [0.717, 1.165) is 38.9 Å². The molecule has 1 aromatic heterocycles. The molecule has 0 unspecified atom stereocenters. The van der Waals surface area contributed by atoms with Crippen molar-refractivity contribution in [1.29, 1.82) is 5.26 Å². The number of carboxylic acids is 2. The Kier molecular flexibility index (Phi) is 14.7. The molecule has 2 atom stereocenters. The van der Waals surface area contributed by atoms with Crippen molar-refractivity contribution in [3.63, 3.8) is 0 Å². The molecule has 6 N–H and O–H groups in total. The molecule has 0 amide bonds. The van der Waals surface area contributed by atoms with Crippen LogP contribution in [-0.2, 0) is 29.3 Å². The predicted molar refractivity (Wildman–Crippen MR) is 222 cm³/mol. The second-order valence-corrected chi connectivity index (χ2v) is 14.9. The highest BCUT2D eigenvalue weighted by Gasteiger charge is 2.33. The van der Waals surface area contributed by atoms with E-state index in [2.05, 4.69) is 46.8 Å². The van der Waals surface area contributed by atoms with E-state index in [9.17, 15) is 35.3 Å². The van der Waals surface area contributed by atoms with E-state index < -0.39 is 36.2 Å². The Morgan fingerprint density at radius 1 is 0.763 bits per heavy atom. The molecule has 0 fully saturated rings. The van der Waals surface area contributed by atoms with Gasteiger partial charge >= 0.3 is 11.9 Å². The molecule has 308 valence electrons. The molecule has 13 nitrogen and oxygen atoms in total. The number of nitrogens with one attached hydrogen (secondary N) is 2. The predicted octanol–water partition coefficient (Wildman–Crippen LogP) is 6.44. The summed E-state index contributed by atoms with van der Waals surface area (Å²) in [5.74, 6) is -1.03. The Hall–Kier alpha value is -6.01. The van der Waals surface area contributed by atoms with Crippen molar-refractivity contribution in [2.24, 2.45) is 0 Å². The van der Waals surface area contributed by atoms with Crippen LogP contribution in [0.3, 0.4) is 0 Å². The highest BCUT2D eigenvalue weighted by Crippen LogP contribution is 2.37. The number of benzene rings is 4. The Morgan fingerprint density at radius 3 is 2.05 bits per heavy atom. The summed E-state index contributed by atoms with van der Waals surface area (Å²) in [5, 5.41) is 53.5. The smallest absolute Gasteiger partial charge is 0.326 e. The van der Waals surface area contributed by atoms with E-state index in [1.807, 2.05) is 49.4 Å². The standard InChI is InChI=1S/C45H47ClN4O9/c1-28-33(25-59-41-19-40(58-24-31-17-30(20-47)21-48-22-31)34(18-39(41)46)23-50-45(4,27-52)43(55)56)7-5-9-37(28)38-10-6-8-36(29(38)2)32-11-13-35(14-12-32)57-16-15-49-44(3,26-51)42(53)54/h5-14,17-19,21-22,49-52H,15-16,23-27H2,1-4H3,(H,53,54)(H,55,56)/t44-,45-/m0/s1. The average molecular weight is 823 g/mol. The summed E-state index contributed by atoms with van der Waals surface area (Å²) in [6.45, 7) is 6.42. The largest absolute Gasteiger partial charge is 0.492 e. The maximum Gasteiger partial charge on any atom is 0.326 e. The van der Waals surface area contributed by atoms with Crippen LogP contribution >= 0.6 is 11.6 Å². The van der Waals surface area contributed by atoms with Crippen molar-refractivity contribution in [1.82, 2.24) is 15.6 Å². The SMILES string of the molecule is Cc1c(COc2cc(OCc3cncc(C#N)c3)c(CN[C@@](C)(CO)C(=O)O)cc2Cl)cccc1-c1cccc(-c2ccc(OCCN[C@@](C)(CO)C(=O)O)cc2)c1C. The van der Waals surface area contributed by atoms with Gasteiger partial charge in [-0.25, -0.2) is 0 Å². The lowest BCUT2D eigenvalue weighted by Crippen LogP contribution is -2.53. The molecule has 0 aliphatic rings. The number of rotatable bonds is 20. The summed E-state index contributed by atoms with van der Waals surface area (Å²) in [7, 11) is 0. The van der Waals surface area contributed by atoms with Crippen LogP contribution in [0.25, 0.3) is 22.3 Å². The highest BCUT2D eigenvalue weighted by molar-refractivity contribution is 6.32. The number of nitrogens with zero attached hydrogens (tertiary/aromatic N) is 2. The Bertz CT molecular complexity index is 2330. The quantitative estimate of drug-likeness (QED) is 0.0469. The second-order valence-electron chi connectivity index (χ2n) is 14.5. The van der Waals surface area contributed by atoms with E-state index in [-0.39, 0.29) is 37.9 Å². The van der Waals surface area contributed by atoms with Crippen LogP contribution in [0.15, 0.2) is 91.3 Å². The minimum absolute atomic E-state index is 0.00621. The van der Waals surface area contributed by atoms with Crippen molar-refractivity contribution >= 4 is 23.5 Å². The molecular formula is C45H47ClN4O9. The molecule has 5 aromatic rings. The van der Waals surface area contributed by atoms with Crippen LogP contribution in [0.1, 0.15) is 47.2 Å². The van der Waals surface area contributed by atoms with E-state index >= 15 is 0 Å². The van der Waals surface area contributed by atoms with Gasteiger partial charge in [-0.05, 0) is 90.9 Å². The Morgan fingerprint density at radius 2 is 1.39 bits per heavy atom. The number of carboxylic acid groups (broad SMARTS) is 2. The number of aliphatic hydroxyl groups is 2. The van der Waals surface area contributed by atoms with Gasteiger partial charge < -0.3 is 34.6 Å². The number of halogens is 1. The zero-order valence-corrected chi connectivity index (χ0v) is 34.0. The van der Waals surface area contributed by atoms with E-state index in [1.54, 1.807) is 24.4 Å². The molecule has 59 heavy (non-hydrogen) atoms. The molecule has 14 heteroatoms. The molecule has 0 saturated heterocycles. The minimum Gasteiger partial charge on any atom is -0.492 e. The van der Waals surface area contributed by atoms with Gasteiger partial charge in [0.1, 0.15) is 54.2 Å². The third-order valence-electron chi connectivity index (χ3n) is 10.2. The van der Waals surface area contributed by atoms with E-state index in [4.69, 9.17) is 25.8 Å². The Balaban J connectivity index is 1.33. The first-order valence-electron chi connectivity index (χ1n) is 18.7. The summed E-state index contributed by atoms with van der Waals surface area (Å²) < 4.78 is 18.3. The zero-order chi connectivity index (χ0) is 42.7. The molecule has 0 bridgehead atoms. The van der Waals surface area contributed by atoms with Gasteiger partial charge in [-0.1, -0.05) is 60.1 Å². The zero-order valence-electron chi connectivity index (χ0n) is 33.2. The van der Waals surface area contributed by atoms with E-state index in [1.165, 1.54) is 20.0 Å². The van der Waals surface area contributed by atoms with Gasteiger partial charge in [-0.15, -0.1) is 0 Å². The number of carbonyl (C=O) groups is 2. The van der Waals surface area contributed by atoms with Crippen LogP contribution in [0.5, 0.6) is 17.2 Å². The maximum atomic E-state index is 11.8. The molecule has 0 radical (unpaired) electrons. The third-order valence-corrected chi connectivity index (χ3v) is 10.5. The van der Waals surface area contributed by atoms with Crippen molar-refractivity contribution in [3.8, 4) is 45.6 Å². The van der Waals surface area contributed by atoms with Gasteiger partial charge in [-0.2, -0.15) is 5.26 Å². The highest BCUT2D eigenvalue weighted by atomic mass is 35.5. The van der Waals surface area contributed by atoms with Gasteiger partial charge in [0.25, 0.3) is 0 Å². The molecule has 0 aliphatic heterocycles. The number of hydrogen-bond donors (Lipinski definition) is 6. The van der Waals surface area contributed by atoms with Crippen molar-refractivity contribution in [2.45, 2.75) is 58.5 Å². The molecule has 4 aromatic carbocycles. The fourth-order valence-electron chi connectivity index (χ4n) is 6.19. The van der Waals surface area contributed by atoms with Crippen LogP contribution in [0.4, 0.5) is 0 Å². The molecule has 0 spiro atoms. The number of pyridine rings is 1. The fourth-order valence-corrected chi connectivity index (χ4v) is 6.43. The van der Waals surface area contributed by atoms with Crippen molar-refractivity contribution in [3.05, 3.63) is 130 Å². The lowest BCUT2D eigenvalue weighted by atomic mass is 9.89. The van der Waals surface area contributed by atoms with Gasteiger partial charge in [0.2, 0.25) is 0 Å². The monoisotopic (exact) mass is 822 g/mol. The number of aliphatic hydroxyl groups excluding tert-OH is 2.